The fraction of sp³-hybridized carbons (Fsp3) is 0.250. The van der Waals surface area contributed by atoms with E-state index in [2.05, 4.69) is 46.6 Å². The topological polar surface area (TPSA) is 24.5 Å². The van der Waals surface area contributed by atoms with E-state index in [9.17, 15) is 4.39 Å². The second-order valence-electron chi connectivity index (χ2n) is 7.06. The molecule has 1 fully saturated rings. The number of benzene rings is 3. The summed E-state index contributed by atoms with van der Waals surface area (Å²) in [6, 6.07) is 23.7. The molecule has 3 nitrogen and oxygen atoms in total. The van der Waals surface area contributed by atoms with Gasteiger partial charge in [0, 0.05) is 31.7 Å². The molecule has 1 saturated heterocycles. The van der Waals surface area contributed by atoms with Crippen LogP contribution in [-0.2, 0) is 0 Å². The van der Waals surface area contributed by atoms with Gasteiger partial charge in [0.25, 0.3) is 0 Å². The Hall–Kier alpha value is -2.69. The quantitative estimate of drug-likeness (QED) is 0.710. The zero-order valence-electron chi connectivity index (χ0n) is 16.1. The van der Waals surface area contributed by atoms with Crippen LogP contribution in [0.15, 0.2) is 72.8 Å². The zero-order valence-corrected chi connectivity index (χ0v) is 16.1. The van der Waals surface area contributed by atoms with Crippen LogP contribution in [0.3, 0.4) is 0 Å². The Morgan fingerprint density at radius 3 is 2.25 bits per heavy atom. The van der Waals surface area contributed by atoms with Crippen LogP contribution in [-0.4, -0.2) is 38.2 Å². The number of hydrogen-bond donors (Lipinski definition) is 1. The Labute approximate surface area is 165 Å². The number of nitrogens with one attached hydrogen (secondary N) is 1. The predicted octanol–water partition coefficient (Wildman–Crippen LogP) is 4.50. The van der Waals surface area contributed by atoms with Crippen LogP contribution in [0.4, 0.5) is 4.39 Å². The van der Waals surface area contributed by atoms with Crippen LogP contribution >= 0.6 is 0 Å². The van der Waals surface area contributed by atoms with Gasteiger partial charge >= 0.3 is 0 Å². The van der Waals surface area contributed by atoms with Gasteiger partial charge in [-0.2, -0.15) is 0 Å². The number of hydrogen-bond acceptors (Lipinski definition) is 3. The summed E-state index contributed by atoms with van der Waals surface area (Å²) in [5.74, 6) is 0.480. The molecule has 1 heterocycles. The molecule has 4 rings (SSSR count). The standard InChI is InChI=1S/C24H25FN2O/c1-28-23-12-11-21(25)17-22(23)24(27-15-13-26-14-16-27)20-9-7-19(8-10-20)18-5-3-2-4-6-18/h2-12,17,24,26H,13-16H2,1H3. The molecule has 3 aromatic carbocycles. The van der Waals surface area contributed by atoms with Crippen molar-refractivity contribution in [2.24, 2.45) is 0 Å². The molecule has 1 atom stereocenters. The van der Waals surface area contributed by atoms with Crippen LogP contribution in [0.5, 0.6) is 5.75 Å². The molecule has 3 aromatic rings. The number of piperazine rings is 1. The van der Waals surface area contributed by atoms with Gasteiger partial charge in [-0.3, -0.25) is 4.90 Å². The third-order valence-electron chi connectivity index (χ3n) is 5.34. The van der Waals surface area contributed by atoms with Gasteiger partial charge < -0.3 is 10.1 Å². The summed E-state index contributed by atoms with van der Waals surface area (Å²) in [4.78, 5) is 2.39. The van der Waals surface area contributed by atoms with E-state index in [0.29, 0.717) is 0 Å². The van der Waals surface area contributed by atoms with Crippen molar-refractivity contribution in [3.05, 3.63) is 89.7 Å². The lowest BCUT2D eigenvalue weighted by molar-refractivity contribution is 0.195. The van der Waals surface area contributed by atoms with E-state index in [1.807, 2.05) is 18.2 Å². The minimum atomic E-state index is -0.239. The van der Waals surface area contributed by atoms with Gasteiger partial charge in [-0.15, -0.1) is 0 Å². The minimum absolute atomic E-state index is 0.0439. The Balaban J connectivity index is 1.75. The lowest BCUT2D eigenvalue weighted by Crippen LogP contribution is -2.45. The SMILES string of the molecule is COc1ccc(F)cc1C(c1ccc(-c2ccccc2)cc1)N1CCNCC1. The average Bonchev–Trinajstić information content (AvgIpc) is 2.76. The molecule has 1 unspecified atom stereocenters. The first-order chi connectivity index (χ1) is 13.8. The molecular weight excluding hydrogens is 351 g/mol. The Morgan fingerprint density at radius 1 is 0.893 bits per heavy atom. The molecule has 0 bridgehead atoms. The van der Waals surface area contributed by atoms with Crippen LogP contribution < -0.4 is 10.1 Å². The van der Waals surface area contributed by atoms with Gasteiger partial charge in [0.2, 0.25) is 0 Å². The molecular formula is C24H25FN2O. The van der Waals surface area contributed by atoms with Crippen molar-refractivity contribution in [3.8, 4) is 16.9 Å². The number of halogens is 1. The zero-order chi connectivity index (χ0) is 19.3. The first kappa shape index (κ1) is 18.7. The second kappa shape index (κ2) is 8.55. The first-order valence-electron chi connectivity index (χ1n) is 9.70. The van der Waals surface area contributed by atoms with Crippen molar-refractivity contribution >= 4 is 0 Å². The third-order valence-corrected chi connectivity index (χ3v) is 5.34. The highest BCUT2D eigenvalue weighted by Gasteiger charge is 2.27. The summed E-state index contributed by atoms with van der Waals surface area (Å²) >= 11 is 0. The number of ether oxygens (including phenoxy) is 1. The van der Waals surface area contributed by atoms with Crippen LogP contribution in [0.2, 0.25) is 0 Å². The Morgan fingerprint density at radius 2 is 1.57 bits per heavy atom. The molecule has 28 heavy (non-hydrogen) atoms. The van der Waals surface area contributed by atoms with Crippen molar-refractivity contribution in [1.82, 2.24) is 10.2 Å². The number of nitrogens with zero attached hydrogens (tertiary/aromatic N) is 1. The van der Waals surface area contributed by atoms with E-state index < -0.39 is 0 Å². The minimum Gasteiger partial charge on any atom is -0.496 e. The molecule has 0 radical (unpaired) electrons. The van der Waals surface area contributed by atoms with Crippen molar-refractivity contribution in [2.45, 2.75) is 6.04 Å². The molecule has 0 amide bonds. The summed E-state index contributed by atoms with van der Waals surface area (Å²) in [5.41, 5.74) is 4.38. The van der Waals surface area contributed by atoms with E-state index in [-0.39, 0.29) is 11.9 Å². The van der Waals surface area contributed by atoms with Crippen LogP contribution in [0, 0.1) is 5.82 Å². The van der Waals surface area contributed by atoms with Crippen molar-refractivity contribution < 1.29 is 9.13 Å². The molecule has 144 valence electrons. The monoisotopic (exact) mass is 376 g/mol. The molecule has 0 saturated carbocycles. The van der Waals surface area contributed by atoms with Gasteiger partial charge in [0.15, 0.2) is 0 Å². The van der Waals surface area contributed by atoms with E-state index in [0.717, 1.165) is 43.1 Å². The smallest absolute Gasteiger partial charge is 0.124 e. The molecule has 1 N–H and O–H groups in total. The normalized spacial score (nSPS) is 15.9. The summed E-state index contributed by atoms with van der Waals surface area (Å²) in [6.45, 7) is 3.67. The van der Waals surface area contributed by atoms with Crippen molar-refractivity contribution in [3.63, 3.8) is 0 Å². The lowest BCUT2D eigenvalue weighted by Gasteiger charge is -2.36. The van der Waals surface area contributed by atoms with Gasteiger partial charge in [0.05, 0.1) is 13.2 Å². The maximum atomic E-state index is 14.1. The maximum Gasteiger partial charge on any atom is 0.124 e. The molecule has 0 aromatic heterocycles. The van der Waals surface area contributed by atoms with E-state index >= 15 is 0 Å². The largest absolute Gasteiger partial charge is 0.496 e. The fourth-order valence-electron chi connectivity index (χ4n) is 3.93. The fourth-order valence-corrected chi connectivity index (χ4v) is 3.93. The van der Waals surface area contributed by atoms with Gasteiger partial charge in [0.1, 0.15) is 11.6 Å². The predicted molar refractivity (Wildman–Crippen MR) is 111 cm³/mol. The average molecular weight is 376 g/mol. The van der Waals surface area contributed by atoms with E-state index in [4.69, 9.17) is 4.74 Å². The lowest BCUT2D eigenvalue weighted by atomic mass is 9.93. The Kier molecular flexibility index (Phi) is 5.70. The van der Waals surface area contributed by atoms with Crippen LogP contribution in [0.1, 0.15) is 17.2 Å². The maximum absolute atomic E-state index is 14.1. The highest BCUT2D eigenvalue weighted by Crippen LogP contribution is 2.36. The Bertz CT molecular complexity index is 906. The summed E-state index contributed by atoms with van der Waals surface area (Å²) in [6.07, 6.45) is 0. The third kappa shape index (κ3) is 3.93. The first-order valence-corrected chi connectivity index (χ1v) is 9.70. The second-order valence-corrected chi connectivity index (χ2v) is 7.06. The van der Waals surface area contributed by atoms with E-state index in [1.54, 1.807) is 19.2 Å². The molecule has 4 heteroatoms. The highest BCUT2D eigenvalue weighted by atomic mass is 19.1. The summed E-state index contributed by atoms with van der Waals surface area (Å²) in [7, 11) is 1.64. The number of rotatable bonds is 5. The van der Waals surface area contributed by atoms with Crippen LogP contribution in [0.25, 0.3) is 11.1 Å². The van der Waals surface area contributed by atoms with Crippen molar-refractivity contribution in [2.75, 3.05) is 33.3 Å². The molecule has 0 spiro atoms. The molecule has 0 aliphatic carbocycles. The van der Waals surface area contributed by atoms with Gasteiger partial charge in [-0.1, -0.05) is 54.6 Å². The highest BCUT2D eigenvalue weighted by molar-refractivity contribution is 5.63. The molecule has 1 aliphatic heterocycles. The summed E-state index contributed by atoms with van der Waals surface area (Å²) in [5, 5.41) is 3.40. The van der Waals surface area contributed by atoms with Crippen molar-refractivity contribution in [1.29, 1.82) is 0 Å². The summed E-state index contributed by atoms with van der Waals surface area (Å²) < 4.78 is 19.7. The van der Waals surface area contributed by atoms with Gasteiger partial charge in [-0.25, -0.2) is 4.39 Å². The van der Waals surface area contributed by atoms with E-state index in [1.165, 1.54) is 17.2 Å². The number of methoxy groups -OCH3 is 1. The van der Waals surface area contributed by atoms with Gasteiger partial charge in [-0.05, 0) is 34.9 Å². The molecule has 1 aliphatic rings.